The van der Waals surface area contributed by atoms with Crippen LogP contribution in [0.25, 0.3) is 0 Å². The molecular formula is C19H20N2O. The summed E-state index contributed by atoms with van der Waals surface area (Å²) in [4.78, 5) is 0. The summed E-state index contributed by atoms with van der Waals surface area (Å²) in [6, 6.07) is 18.1. The van der Waals surface area contributed by atoms with Crippen LogP contribution in [0.5, 0.6) is 5.75 Å². The fourth-order valence-corrected chi connectivity index (χ4v) is 2.89. The molecule has 1 heterocycles. The van der Waals surface area contributed by atoms with Crippen molar-refractivity contribution < 1.29 is 4.74 Å². The highest BCUT2D eigenvalue weighted by atomic mass is 16.5. The summed E-state index contributed by atoms with van der Waals surface area (Å²) < 4.78 is 5.81. The minimum absolute atomic E-state index is 0.488. The van der Waals surface area contributed by atoms with Gasteiger partial charge in [0.05, 0.1) is 11.6 Å². The van der Waals surface area contributed by atoms with Gasteiger partial charge in [-0.25, -0.2) is 0 Å². The average Bonchev–Trinajstić information content (AvgIpc) is 2.61. The van der Waals surface area contributed by atoms with E-state index in [0.717, 1.165) is 24.4 Å². The first-order valence-electron chi connectivity index (χ1n) is 7.77. The third-order valence-electron chi connectivity index (χ3n) is 4.15. The molecule has 0 saturated carbocycles. The number of ether oxygens (including phenoxy) is 1. The van der Waals surface area contributed by atoms with Gasteiger partial charge in [0.1, 0.15) is 12.4 Å². The van der Waals surface area contributed by atoms with Crippen LogP contribution < -0.4 is 10.1 Å². The van der Waals surface area contributed by atoms with Crippen LogP contribution >= 0.6 is 0 Å². The van der Waals surface area contributed by atoms with E-state index in [9.17, 15) is 0 Å². The first-order chi connectivity index (χ1) is 10.8. The maximum atomic E-state index is 8.91. The van der Waals surface area contributed by atoms with E-state index in [4.69, 9.17) is 10.00 Å². The van der Waals surface area contributed by atoms with Crippen LogP contribution in [0.4, 0.5) is 0 Å². The van der Waals surface area contributed by atoms with Crippen molar-refractivity contribution in [3.05, 3.63) is 65.2 Å². The Kier molecular flexibility index (Phi) is 4.72. The number of benzene rings is 2. The lowest BCUT2D eigenvalue weighted by molar-refractivity contribution is 0.306. The lowest BCUT2D eigenvalue weighted by Gasteiger charge is -2.23. The van der Waals surface area contributed by atoms with Crippen molar-refractivity contribution in [2.45, 2.75) is 25.4 Å². The van der Waals surface area contributed by atoms with Gasteiger partial charge in [0.15, 0.2) is 0 Å². The second-order valence-electron chi connectivity index (χ2n) is 5.69. The Balaban J connectivity index is 1.60. The largest absolute Gasteiger partial charge is 0.489 e. The zero-order valence-corrected chi connectivity index (χ0v) is 12.6. The van der Waals surface area contributed by atoms with Gasteiger partial charge in [0.25, 0.3) is 0 Å². The van der Waals surface area contributed by atoms with Crippen LogP contribution in [0.3, 0.4) is 0 Å². The van der Waals surface area contributed by atoms with Gasteiger partial charge in [-0.1, -0.05) is 24.3 Å². The number of nitrogens with zero attached hydrogens (tertiary/aromatic N) is 1. The Morgan fingerprint density at radius 1 is 1.09 bits per heavy atom. The van der Waals surface area contributed by atoms with Gasteiger partial charge in [-0.15, -0.1) is 0 Å². The molecule has 0 aromatic heterocycles. The summed E-state index contributed by atoms with van der Waals surface area (Å²) in [5.74, 6) is 1.54. The van der Waals surface area contributed by atoms with E-state index in [1.165, 1.54) is 18.4 Å². The zero-order chi connectivity index (χ0) is 15.2. The van der Waals surface area contributed by atoms with Crippen LogP contribution in [0, 0.1) is 11.3 Å². The third kappa shape index (κ3) is 3.66. The van der Waals surface area contributed by atoms with E-state index in [-0.39, 0.29) is 0 Å². The molecule has 1 fully saturated rings. The predicted molar refractivity (Wildman–Crippen MR) is 86.8 cm³/mol. The Morgan fingerprint density at radius 2 is 1.86 bits per heavy atom. The van der Waals surface area contributed by atoms with Crippen LogP contribution in [-0.2, 0) is 6.61 Å². The topological polar surface area (TPSA) is 45.0 Å². The molecule has 3 heteroatoms. The van der Waals surface area contributed by atoms with Crippen molar-refractivity contribution in [3.63, 3.8) is 0 Å². The highest BCUT2D eigenvalue weighted by Gasteiger charge is 2.14. The molecule has 22 heavy (non-hydrogen) atoms. The van der Waals surface area contributed by atoms with Crippen molar-refractivity contribution in [2.75, 3.05) is 13.1 Å². The van der Waals surface area contributed by atoms with Gasteiger partial charge in [0, 0.05) is 0 Å². The third-order valence-corrected chi connectivity index (χ3v) is 4.15. The summed E-state index contributed by atoms with van der Waals surface area (Å²) >= 11 is 0. The molecule has 0 aliphatic carbocycles. The molecule has 0 amide bonds. The number of hydrogen-bond acceptors (Lipinski definition) is 3. The molecule has 3 rings (SSSR count). The smallest absolute Gasteiger partial charge is 0.119 e. The molecule has 2 aromatic rings. The lowest BCUT2D eigenvalue weighted by atomic mass is 9.90. The predicted octanol–water partition coefficient (Wildman–Crippen LogP) is 3.60. The first-order valence-corrected chi connectivity index (χ1v) is 7.77. The molecule has 0 unspecified atom stereocenters. The van der Waals surface area contributed by atoms with Crippen LogP contribution in [0.2, 0.25) is 0 Å². The molecular weight excluding hydrogens is 272 g/mol. The van der Waals surface area contributed by atoms with Gasteiger partial charge in [-0.3, -0.25) is 0 Å². The second-order valence-corrected chi connectivity index (χ2v) is 5.69. The summed E-state index contributed by atoms with van der Waals surface area (Å²) in [6.45, 7) is 2.71. The molecule has 112 valence electrons. The van der Waals surface area contributed by atoms with Crippen LogP contribution in [0.15, 0.2) is 48.5 Å². The summed E-state index contributed by atoms with van der Waals surface area (Å²) in [5.41, 5.74) is 3.09. The van der Waals surface area contributed by atoms with E-state index in [1.807, 2.05) is 30.3 Å². The molecule has 1 saturated heterocycles. The van der Waals surface area contributed by atoms with E-state index in [0.29, 0.717) is 18.1 Å². The SMILES string of the molecule is N#Cc1cccc(COc2ccc(C3CCNCC3)cc2)c1. The van der Waals surface area contributed by atoms with Gasteiger partial charge in [0.2, 0.25) is 0 Å². The molecule has 0 bridgehead atoms. The van der Waals surface area contributed by atoms with Gasteiger partial charge in [-0.2, -0.15) is 5.26 Å². The zero-order valence-electron chi connectivity index (χ0n) is 12.6. The van der Waals surface area contributed by atoms with Gasteiger partial charge >= 0.3 is 0 Å². The number of rotatable bonds is 4. The highest BCUT2D eigenvalue weighted by molar-refractivity contribution is 5.33. The fraction of sp³-hybridized carbons (Fsp3) is 0.316. The van der Waals surface area contributed by atoms with E-state index < -0.39 is 0 Å². The Bertz CT molecular complexity index is 652. The van der Waals surface area contributed by atoms with Crippen molar-refractivity contribution in [1.82, 2.24) is 5.32 Å². The monoisotopic (exact) mass is 292 g/mol. The molecule has 1 aliphatic rings. The molecule has 1 aliphatic heterocycles. The Labute approximate surface area is 131 Å². The van der Waals surface area contributed by atoms with Gasteiger partial charge in [-0.05, 0) is 67.2 Å². The number of piperidine rings is 1. The minimum Gasteiger partial charge on any atom is -0.489 e. The van der Waals surface area contributed by atoms with Gasteiger partial charge < -0.3 is 10.1 Å². The standard InChI is InChI=1S/C19H20N2O/c20-13-15-2-1-3-16(12-15)14-22-19-6-4-17(5-7-19)18-8-10-21-11-9-18/h1-7,12,18,21H,8-11,14H2. The summed E-state index contributed by atoms with van der Waals surface area (Å²) in [6.07, 6.45) is 2.42. The van der Waals surface area contributed by atoms with E-state index >= 15 is 0 Å². The first kappa shape index (κ1) is 14.6. The summed E-state index contributed by atoms with van der Waals surface area (Å²) in [5, 5.41) is 12.3. The van der Waals surface area contributed by atoms with Crippen molar-refractivity contribution >= 4 is 0 Å². The Hall–Kier alpha value is -2.31. The number of hydrogen-bond donors (Lipinski definition) is 1. The highest BCUT2D eigenvalue weighted by Crippen LogP contribution is 2.26. The Morgan fingerprint density at radius 3 is 2.59 bits per heavy atom. The normalized spacial score (nSPS) is 15.2. The number of nitrogens with one attached hydrogen (secondary N) is 1. The molecule has 0 radical (unpaired) electrons. The maximum absolute atomic E-state index is 8.91. The molecule has 1 N–H and O–H groups in total. The van der Waals surface area contributed by atoms with E-state index in [1.54, 1.807) is 6.07 Å². The maximum Gasteiger partial charge on any atom is 0.119 e. The van der Waals surface area contributed by atoms with Crippen molar-refractivity contribution in [2.24, 2.45) is 0 Å². The number of nitriles is 1. The van der Waals surface area contributed by atoms with Crippen molar-refractivity contribution in [3.8, 4) is 11.8 Å². The second kappa shape index (κ2) is 7.11. The minimum atomic E-state index is 0.488. The molecule has 3 nitrogen and oxygen atoms in total. The molecule has 2 aromatic carbocycles. The van der Waals surface area contributed by atoms with Crippen molar-refractivity contribution in [1.29, 1.82) is 5.26 Å². The molecule has 0 atom stereocenters. The fourth-order valence-electron chi connectivity index (χ4n) is 2.89. The molecule has 0 spiro atoms. The summed E-state index contributed by atoms with van der Waals surface area (Å²) in [7, 11) is 0. The van der Waals surface area contributed by atoms with Crippen LogP contribution in [-0.4, -0.2) is 13.1 Å². The van der Waals surface area contributed by atoms with E-state index in [2.05, 4.69) is 23.5 Å². The van der Waals surface area contributed by atoms with Crippen LogP contribution in [0.1, 0.15) is 35.4 Å². The lowest BCUT2D eigenvalue weighted by Crippen LogP contribution is -2.26. The quantitative estimate of drug-likeness (QED) is 0.936. The average molecular weight is 292 g/mol.